The molecule has 0 atom stereocenters. The second-order valence-electron chi connectivity index (χ2n) is 6.76. The molecule has 0 saturated carbocycles. The summed E-state index contributed by atoms with van der Waals surface area (Å²) in [6.07, 6.45) is 3.70. The number of aromatic amines is 1. The van der Waals surface area contributed by atoms with Gasteiger partial charge >= 0.3 is 0 Å². The van der Waals surface area contributed by atoms with E-state index in [0.717, 1.165) is 38.7 Å². The van der Waals surface area contributed by atoms with Crippen molar-refractivity contribution in [3.05, 3.63) is 84.1 Å². The molecule has 0 saturated heterocycles. The maximum absolute atomic E-state index is 12.7. The van der Waals surface area contributed by atoms with Crippen LogP contribution in [0.1, 0.15) is 5.69 Å². The van der Waals surface area contributed by atoms with Gasteiger partial charge in [-0.15, -0.1) is 11.3 Å². The maximum Gasteiger partial charge on any atom is 0.230 e. The number of fused-ring (bicyclic) bond motifs is 1. The van der Waals surface area contributed by atoms with Crippen molar-refractivity contribution < 1.29 is 4.79 Å². The van der Waals surface area contributed by atoms with Gasteiger partial charge in [0.15, 0.2) is 0 Å². The summed E-state index contributed by atoms with van der Waals surface area (Å²) in [6.45, 7) is 0. The molecule has 2 aromatic carbocycles. The SMILES string of the molecule is O=C(Cc1csc(-c2cccnc2)n1)Nc1ccccc1-c1nc2ccccc2[nH]1. The Balaban J connectivity index is 1.35. The molecule has 30 heavy (non-hydrogen) atoms. The van der Waals surface area contributed by atoms with Gasteiger partial charge in [-0.25, -0.2) is 9.97 Å². The monoisotopic (exact) mass is 411 g/mol. The van der Waals surface area contributed by atoms with E-state index in [1.165, 1.54) is 11.3 Å². The molecule has 3 aromatic heterocycles. The number of imidazole rings is 1. The molecule has 0 spiro atoms. The summed E-state index contributed by atoms with van der Waals surface area (Å²) in [5, 5.41) is 5.77. The quantitative estimate of drug-likeness (QED) is 0.430. The Morgan fingerprint density at radius 3 is 2.73 bits per heavy atom. The predicted octanol–water partition coefficient (Wildman–Crippen LogP) is 4.93. The van der Waals surface area contributed by atoms with E-state index >= 15 is 0 Å². The number of para-hydroxylation sites is 3. The van der Waals surface area contributed by atoms with E-state index in [1.807, 2.05) is 66.0 Å². The van der Waals surface area contributed by atoms with Crippen LogP contribution in [0.2, 0.25) is 0 Å². The molecule has 0 bridgehead atoms. The molecule has 0 fully saturated rings. The fraction of sp³-hybridized carbons (Fsp3) is 0.0435. The molecule has 1 amide bonds. The molecule has 146 valence electrons. The van der Waals surface area contributed by atoms with Crippen LogP contribution in [-0.4, -0.2) is 25.8 Å². The lowest BCUT2D eigenvalue weighted by molar-refractivity contribution is -0.115. The van der Waals surface area contributed by atoms with Crippen molar-refractivity contribution >= 4 is 34.0 Å². The lowest BCUT2D eigenvalue weighted by atomic mass is 10.1. The number of H-pyrrole nitrogens is 1. The number of nitrogens with zero attached hydrogens (tertiary/aromatic N) is 3. The maximum atomic E-state index is 12.7. The Kier molecular flexibility index (Phi) is 4.78. The topological polar surface area (TPSA) is 83.6 Å². The number of pyridine rings is 1. The zero-order chi connectivity index (χ0) is 20.3. The summed E-state index contributed by atoms with van der Waals surface area (Å²) in [4.78, 5) is 29.4. The number of carbonyl (C=O) groups excluding carboxylic acids is 1. The van der Waals surface area contributed by atoms with Crippen LogP contribution in [-0.2, 0) is 11.2 Å². The molecule has 0 unspecified atom stereocenters. The summed E-state index contributed by atoms with van der Waals surface area (Å²) >= 11 is 1.51. The van der Waals surface area contributed by atoms with E-state index < -0.39 is 0 Å². The molecule has 6 nitrogen and oxygen atoms in total. The van der Waals surface area contributed by atoms with Crippen molar-refractivity contribution in [1.29, 1.82) is 0 Å². The number of benzene rings is 2. The average molecular weight is 411 g/mol. The Morgan fingerprint density at radius 1 is 1.00 bits per heavy atom. The highest BCUT2D eigenvalue weighted by Gasteiger charge is 2.14. The van der Waals surface area contributed by atoms with Gasteiger partial charge in [0.2, 0.25) is 5.91 Å². The van der Waals surface area contributed by atoms with Gasteiger partial charge in [-0.1, -0.05) is 24.3 Å². The third-order valence-electron chi connectivity index (χ3n) is 4.65. The number of thiazole rings is 1. The molecule has 0 radical (unpaired) electrons. The summed E-state index contributed by atoms with van der Waals surface area (Å²) in [5.41, 5.74) is 5.08. The van der Waals surface area contributed by atoms with Crippen LogP contribution in [0.15, 0.2) is 78.4 Å². The molecule has 3 heterocycles. The first-order valence-corrected chi connectivity index (χ1v) is 10.3. The Morgan fingerprint density at radius 2 is 1.87 bits per heavy atom. The van der Waals surface area contributed by atoms with E-state index in [0.29, 0.717) is 5.69 Å². The van der Waals surface area contributed by atoms with Crippen LogP contribution in [0.3, 0.4) is 0 Å². The summed E-state index contributed by atoms with van der Waals surface area (Å²) < 4.78 is 0. The van der Waals surface area contributed by atoms with Gasteiger partial charge in [0, 0.05) is 28.9 Å². The van der Waals surface area contributed by atoms with Crippen molar-refractivity contribution in [3.63, 3.8) is 0 Å². The number of carbonyl (C=O) groups is 1. The lowest BCUT2D eigenvalue weighted by Gasteiger charge is -2.09. The third kappa shape index (κ3) is 3.70. The van der Waals surface area contributed by atoms with Gasteiger partial charge in [0.05, 0.1) is 28.8 Å². The summed E-state index contributed by atoms with van der Waals surface area (Å²) in [6, 6.07) is 19.3. The van der Waals surface area contributed by atoms with Crippen molar-refractivity contribution in [2.45, 2.75) is 6.42 Å². The number of anilines is 1. The van der Waals surface area contributed by atoms with Crippen LogP contribution in [0.5, 0.6) is 0 Å². The van der Waals surface area contributed by atoms with Crippen LogP contribution in [0.25, 0.3) is 33.0 Å². The van der Waals surface area contributed by atoms with Crippen molar-refractivity contribution in [3.8, 4) is 22.0 Å². The van der Waals surface area contributed by atoms with Gasteiger partial charge in [-0.2, -0.15) is 0 Å². The van der Waals surface area contributed by atoms with Crippen molar-refractivity contribution in [2.75, 3.05) is 5.32 Å². The normalized spacial score (nSPS) is 10.9. The Hall–Kier alpha value is -3.84. The first-order chi connectivity index (χ1) is 14.8. The van der Waals surface area contributed by atoms with E-state index in [9.17, 15) is 4.79 Å². The molecule has 5 aromatic rings. The Labute approximate surface area is 176 Å². The van der Waals surface area contributed by atoms with Crippen LogP contribution in [0, 0.1) is 0 Å². The van der Waals surface area contributed by atoms with Gasteiger partial charge in [0.25, 0.3) is 0 Å². The molecule has 2 N–H and O–H groups in total. The second-order valence-corrected chi connectivity index (χ2v) is 7.62. The summed E-state index contributed by atoms with van der Waals surface area (Å²) in [5.74, 6) is 0.598. The van der Waals surface area contributed by atoms with Gasteiger partial charge < -0.3 is 10.3 Å². The van der Waals surface area contributed by atoms with Crippen molar-refractivity contribution in [1.82, 2.24) is 19.9 Å². The van der Waals surface area contributed by atoms with Crippen LogP contribution >= 0.6 is 11.3 Å². The van der Waals surface area contributed by atoms with Crippen LogP contribution in [0.4, 0.5) is 5.69 Å². The highest BCUT2D eigenvalue weighted by molar-refractivity contribution is 7.13. The number of hydrogen-bond donors (Lipinski definition) is 2. The fourth-order valence-electron chi connectivity index (χ4n) is 3.25. The third-order valence-corrected chi connectivity index (χ3v) is 5.59. The minimum absolute atomic E-state index is 0.124. The largest absolute Gasteiger partial charge is 0.338 e. The van der Waals surface area contributed by atoms with E-state index in [2.05, 4.69) is 25.3 Å². The van der Waals surface area contributed by atoms with Gasteiger partial charge in [0.1, 0.15) is 10.8 Å². The molecule has 5 rings (SSSR count). The first kappa shape index (κ1) is 18.2. The number of nitrogens with one attached hydrogen (secondary N) is 2. The average Bonchev–Trinajstić information content (AvgIpc) is 3.41. The number of amides is 1. The van der Waals surface area contributed by atoms with Gasteiger partial charge in [-0.05, 0) is 36.4 Å². The first-order valence-electron chi connectivity index (χ1n) is 9.45. The number of aromatic nitrogens is 4. The summed E-state index contributed by atoms with van der Waals surface area (Å²) in [7, 11) is 0. The molecule has 0 aliphatic heterocycles. The molecular weight excluding hydrogens is 394 g/mol. The molecular formula is C23H17N5OS. The van der Waals surface area contributed by atoms with Gasteiger partial charge in [-0.3, -0.25) is 9.78 Å². The van der Waals surface area contributed by atoms with Crippen molar-refractivity contribution in [2.24, 2.45) is 0 Å². The lowest BCUT2D eigenvalue weighted by Crippen LogP contribution is -2.15. The minimum atomic E-state index is -0.124. The predicted molar refractivity (Wildman–Crippen MR) is 119 cm³/mol. The van der Waals surface area contributed by atoms with E-state index in [1.54, 1.807) is 12.4 Å². The van der Waals surface area contributed by atoms with Crippen LogP contribution < -0.4 is 5.32 Å². The van der Waals surface area contributed by atoms with E-state index in [4.69, 9.17) is 0 Å². The minimum Gasteiger partial charge on any atom is -0.338 e. The molecule has 0 aliphatic rings. The fourth-order valence-corrected chi connectivity index (χ4v) is 4.06. The Bertz CT molecular complexity index is 1290. The highest BCUT2D eigenvalue weighted by atomic mass is 32.1. The molecule has 7 heteroatoms. The molecule has 0 aliphatic carbocycles. The standard InChI is InChI=1S/C23H17N5OS/c29-21(12-16-14-30-23(25-16)15-6-5-11-24-13-15)26-18-8-2-1-7-17(18)22-27-19-9-3-4-10-20(19)28-22/h1-11,13-14H,12H2,(H,26,29)(H,27,28). The second kappa shape index (κ2) is 7.88. The van der Waals surface area contributed by atoms with E-state index in [-0.39, 0.29) is 12.3 Å². The zero-order valence-electron chi connectivity index (χ0n) is 15.9. The number of hydrogen-bond acceptors (Lipinski definition) is 5. The smallest absolute Gasteiger partial charge is 0.230 e. The number of rotatable bonds is 5. The highest BCUT2D eigenvalue weighted by Crippen LogP contribution is 2.28. The zero-order valence-corrected chi connectivity index (χ0v) is 16.7.